The highest BCUT2D eigenvalue weighted by Crippen LogP contribution is 2.39. The van der Waals surface area contributed by atoms with Gasteiger partial charge < -0.3 is 4.74 Å². The Balaban J connectivity index is 1.39. The zero-order valence-electron chi connectivity index (χ0n) is 20.1. The lowest BCUT2D eigenvalue weighted by Crippen LogP contribution is -2.41. The van der Waals surface area contributed by atoms with E-state index in [0.717, 1.165) is 52.6 Å². The Kier molecular flexibility index (Phi) is 8.15. The predicted octanol–water partition coefficient (Wildman–Crippen LogP) is 7.86. The Morgan fingerprint density at radius 3 is 2.37 bits per heavy atom. The maximum atomic E-state index is 13.7. The second kappa shape index (κ2) is 11.7. The van der Waals surface area contributed by atoms with Crippen molar-refractivity contribution >= 4 is 40.5 Å². The molecule has 1 heterocycles. The molecular weight excluding hydrogens is 476 g/mol. The van der Waals surface area contributed by atoms with Gasteiger partial charge in [0.25, 0.3) is 5.91 Å². The van der Waals surface area contributed by atoms with Gasteiger partial charge in [-0.2, -0.15) is 0 Å². The zero-order valence-corrected chi connectivity index (χ0v) is 21.7. The lowest BCUT2D eigenvalue weighted by Gasteiger charge is -2.31. The molecule has 6 heteroatoms. The molecule has 2 aromatic rings. The first-order valence-electron chi connectivity index (χ1n) is 12.9. The molecular formula is C29H33ClN2O2S. The molecule has 4 nitrogen and oxygen atoms in total. The summed E-state index contributed by atoms with van der Waals surface area (Å²) in [6.45, 7) is 0.445. The summed E-state index contributed by atoms with van der Waals surface area (Å²) >= 11 is 7.56. The fourth-order valence-corrected chi connectivity index (χ4v) is 6.44. The molecule has 2 aromatic carbocycles. The molecule has 0 unspecified atom stereocenters. The van der Waals surface area contributed by atoms with Crippen molar-refractivity contribution in [2.24, 2.45) is 4.99 Å². The van der Waals surface area contributed by atoms with Crippen LogP contribution in [0.5, 0.6) is 5.75 Å². The Labute approximate surface area is 217 Å². The number of aliphatic imine (C=N–C) groups is 1. The number of nitrogens with zero attached hydrogens (tertiary/aromatic N) is 2. The molecule has 184 valence electrons. The van der Waals surface area contributed by atoms with Crippen LogP contribution in [0.15, 0.2) is 58.4 Å². The van der Waals surface area contributed by atoms with E-state index in [2.05, 4.69) is 0 Å². The minimum atomic E-state index is 0.101. The second-order valence-corrected chi connectivity index (χ2v) is 11.2. The van der Waals surface area contributed by atoms with Crippen molar-refractivity contribution in [1.29, 1.82) is 0 Å². The van der Waals surface area contributed by atoms with Crippen LogP contribution in [0.25, 0.3) is 6.08 Å². The summed E-state index contributed by atoms with van der Waals surface area (Å²) in [6.07, 6.45) is 13.8. The monoisotopic (exact) mass is 508 g/mol. The first-order valence-corrected chi connectivity index (χ1v) is 14.1. The summed E-state index contributed by atoms with van der Waals surface area (Å²) in [7, 11) is 0. The van der Waals surface area contributed by atoms with Crippen LogP contribution < -0.4 is 4.74 Å². The first kappa shape index (κ1) is 24.5. The third kappa shape index (κ3) is 6.13. The van der Waals surface area contributed by atoms with E-state index in [1.807, 2.05) is 59.5 Å². The summed E-state index contributed by atoms with van der Waals surface area (Å²) in [4.78, 5) is 21.6. The van der Waals surface area contributed by atoms with Crippen molar-refractivity contribution in [3.05, 3.63) is 69.6 Å². The summed E-state index contributed by atoms with van der Waals surface area (Å²) in [5.41, 5.74) is 1.97. The van der Waals surface area contributed by atoms with Gasteiger partial charge in [0.15, 0.2) is 5.17 Å². The van der Waals surface area contributed by atoms with Gasteiger partial charge in [-0.05, 0) is 67.3 Å². The van der Waals surface area contributed by atoms with Crippen molar-refractivity contribution in [2.45, 2.75) is 82.9 Å². The minimum absolute atomic E-state index is 0.101. The molecule has 2 saturated carbocycles. The van der Waals surface area contributed by atoms with Gasteiger partial charge in [-0.25, -0.2) is 0 Å². The van der Waals surface area contributed by atoms with Crippen LogP contribution in [-0.4, -0.2) is 28.1 Å². The highest BCUT2D eigenvalue weighted by Gasteiger charge is 2.39. The molecule has 0 atom stereocenters. The summed E-state index contributed by atoms with van der Waals surface area (Å²) < 4.78 is 6.15. The summed E-state index contributed by atoms with van der Waals surface area (Å²) in [5, 5.41) is 1.63. The van der Waals surface area contributed by atoms with Gasteiger partial charge in [-0.15, -0.1) is 0 Å². The molecule has 2 aliphatic carbocycles. The van der Waals surface area contributed by atoms with Crippen LogP contribution in [0.3, 0.4) is 0 Å². The van der Waals surface area contributed by atoms with E-state index >= 15 is 0 Å². The number of para-hydroxylation sites is 1. The number of hydrogen-bond acceptors (Lipinski definition) is 4. The third-order valence-electron chi connectivity index (χ3n) is 7.16. The van der Waals surface area contributed by atoms with Gasteiger partial charge >= 0.3 is 0 Å². The largest absolute Gasteiger partial charge is 0.488 e. The number of carbonyl (C=O) groups is 1. The highest BCUT2D eigenvalue weighted by atomic mass is 35.5. The van der Waals surface area contributed by atoms with E-state index in [4.69, 9.17) is 21.3 Å². The zero-order chi connectivity index (χ0) is 24.0. The molecule has 3 fully saturated rings. The molecule has 0 N–H and O–H groups in total. The number of halogens is 1. The van der Waals surface area contributed by atoms with E-state index in [1.165, 1.54) is 38.5 Å². The van der Waals surface area contributed by atoms with Crippen LogP contribution in [0.4, 0.5) is 0 Å². The molecule has 1 saturated heterocycles. The van der Waals surface area contributed by atoms with E-state index in [9.17, 15) is 4.79 Å². The van der Waals surface area contributed by atoms with Crippen molar-refractivity contribution < 1.29 is 9.53 Å². The van der Waals surface area contributed by atoms with Gasteiger partial charge in [0, 0.05) is 16.6 Å². The fraction of sp³-hybridized carbons (Fsp3) is 0.448. The van der Waals surface area contributed by atoms with Gasteiger partial charge in [-0.1, -0.05) is 80.5 Å². The maximum Gasteiger partial charge on any atom is 0.267 e. The lowest BCUT2D eigenvalue weighted by molar-refractivity contribution is -0.124. The first-order chi connectivity index (χ1) is 17.2. The second-order valence-electron chi connectivity index (χ2n) is 9.73. The molecule has 0 bridgehead atoms. The number of benzene rings is 2. The van der Waals surface area contributed by atoms with Crippen molar-refractivity contribution in [1.82, 2.24) is 4.90 Å². The van der Waals surface area contributed by atoms with Crippen LogP contribution in [-0.2, 0) is 11.4 Å². The maximum absolute atomic E-state index is 13.7. The Bertz CT molecular complexity index is 1090. The van der Waals surface area contributed by atoms with Gasteiger partial charge in [-0.3, -0.25) is 14.7 Å². The van der Waals surface area contributed by atoms with Gasteiger partial charge in [0.05, 0.1) is 10.9 Å². The molecule has 1 amide bonds. The number of rotatable bonds is 6. The van der Waals surface area contributed by atoms with Crippen molar-refractivity contribution in [3.8, 4) is 5.75 Å². The molecule has 5 rings (SSSR count). The predicted molar refractivity (Wildman–Crippen MR) is 146 cm³/mol. The Morgan fingerprint density at radius 1 is 0.943 bits per heavy atom. The molecule has 0 radical (unpaired) electrons. The van der Waals surface area contributed by atoms with Crippen LogP contribution in [0, 0.1) is 0 Å². The highest BCUT2D eigenvalue weighted by molar-refractivity contribution is 8.18. The van der Waals surface area contributed by atoms with Crippen molar-refractivity contribution in [2.75, 3.05) is 0 Å². The third-order valence-corrected chi connectivity index (χ3v) is 8.41. The number of ether oxygens (including phenoxy) is 1. The molecule has 0 aromatic heterocycles. The van der Waals surface area contributed by atoms with E-state index in [0.29, 0.717) is 17.7 Å². The fourth-order valence-electron chi connectivity index (χ4n) is 5.22. The van der Waals surface area contributed by atoms with Gasteiger partial charge in [0.1, 0.15) is 12.4 Å². The Hall–Kier alpha value is -2.24. The number of thioether (sulfide) groups is 1. The van der Waals surface area contributed by atoms with Gasteiger partial charge in [0.2, 0.25) is 0 Å². The van der Waals surface area contributed by atoms with E-state index < -0.39 is 0 Å². The number of amidine groups is 1. The minimum Gasteiger partial charge on any atom is -0.488 e. The lowest BCUT2D eigenvalue weighted by atomic mass is 9.94. The average molecular weight is 509 g/mol. The molecule has 3 aliphatic rings. The standard InChI is InChI=1S/C29H33ClN2O2S/c30-23-17-15-21(16-18-23)20-34-26-14-8-7-9-22(26)19-27-28(33)32(25-12-5-2-6-13-25)29(35-27)31-24-10-3-1-4-11-24/h7-9,14-19,24-25H,1-6,10-13,20H2. The quantitative estimate of drug-likeness (QED) is 0.373. The topological polar surface area (TPSA) is 41.9 Å². The number of hydrogen-bond donors (Lipinski definition) is 0. The van der Waals surface area contributed by atoms with Crippen LogP contribution in [0.2, 0.25) is 5.02 Å². The summed E-state index contributed by atoms with van der Waals surface area (Å²) in [6, 6.07) is 16.2. The number of amides is 1. The molecule has 1 aliphatic heterocycles. The molecule has 35 heavy (non-hydrogen) atoms. The normalized spacial score (nSPS) is 22.3. The Morgan fingerprint density at radius 2 is 1.63 bits per heavy atom. The van der Waals surface area contributed by atoms with Crippen LogP contribution in [0.1, 0.15) is 75.3 Å². The molecule has 0 spiro atoms. The summed E-state index contributed by atoms with van der Waals surface area (Å²) in [5.74, 6) is 0.870. The SMILES string of the molecule is O=C1C(=Cc2ccccc2OCc2ccc(Cl)cc2)SC(=NC2CCCCC2)N1C1CCCCC1. The number of carbonyl (C=O) groups excluding carboxylic acids is 1. The van der Waals surface area contributed by atoms with Crippen molar-refractivity contribution in [3.63, 3.8) is 0 Å². The van der Waals surface area contributed by atoms with E-state index in [-0.39, 0.29) is 11.9 Å². The van der Waals surface area contributed by atoms with Crippen LogP contribution >= 0.6 is 23.4 Å². The average Bonchev–Trinajstić information content (AvgIpc) is 3.19. The van der Waals surface area contributed by atoms with E-state index in [1.54, 1.807) is 11.8 Å². The smallest absolute Gasteiger partial charge is 0.267 e.